The van der Waals surface area contributed by atoms with E-state index in [-0.39, 0.29) is 6.10 Å². The van der Waals surface area contributed by atoms with E-state index in [1.807, 2.05) is 18.2 Å². The number of thiophene rings is 1. The molecular formula is C21H23N3OS2. The van der Waals surface area contributed by atoms with E-state index in [0.29, 0.717) is 18.3 Å². The van der Waals surface area contributed by atoms with Gasteiger partial charge in [0.05, 0.1) is 18.1 Å². The first-order valence-electron chi connectivity index (χ1n) is 9.15. The summed E-state index contributed by atoms with van der Waals surface area (Å²) in [6.45, 7) is 5.05. The molecule has 1 atom stereocenters. The second-order valence-corrected chi connectivity index (χ2v) is 9.07. The molecule has 6 heteroatoms. The monoisotopic (exact) mass is 397 g/mol. The van der Waals surface area contributed by atoms with Crippen LogP contribution in [0.4, 0.5) is 5.82 Å². The second kappa shape index (κ2) is 8.00. The highest BCUT2D eigenvalue weighted by atomic mass is 32.2. The maximum Gasteiger partial charge on any atom is 0.191 e. The molecule has 0 saturated heterocycles. The minimum atomic E-state index is 0.242. The normalized spacial score (nSPS) is 17.1. The van der Waals surface area contributed by atoms with Crippen LogP contribution in [0.1, 0.15) is 29.9 Å². The van der Waals surface area contributed by atoms with Crippen molar-refractivity contribution in [1.82, 2.24) is 9.97 Å². The molecule has 4 nitrogen and oxygen atoms in total. The molecule has 3 heterocycles. The van der Waals surface area contributed by atoms with E-state index in [0.717, 1.165) is 27.5 Å². The highest BCUT2D eigenvalue weighted by molar-refractivity contribution is 7.99. The van der Waals surface area contributed by atoms with Crippen molar-refractivity contribution in [2.45, 2.75) is 38.1 Å². The van der Waals surface area contributed by atoms with Crippen molar-refractivity contribution in [3.05, 3.63) is 52.4 Å². The summed E-state index contributed by atoms with van der Waals surface area (Å²) in [5.74, 6) is 1.89. The van der Waals surface area contributed by atoms with Crippen LogP contribution in [-0.4, -0.2) is 21.8 Å². The molecule has 0 spiro atoms. The van der Waals surface area contributed by atoms with E-state index in [1.54, 1.807) is 23.1 Å². The third-order valence-electron chi connectivity index (χ3n) is 4.74. The second-order valence-electron chi connectivity index (χ2n) is 7.00. The molecule has 2 aromatic heterocycles. The molecular weight excluding hydrogens is 374 g/mol. The van der Waals surface area contributed by atoms with Crippen LogP contribution in [-0.2, 0) is 17.8 Å². The molecule has 0 aliphatic carbocycles. The molecule has 1 aliphatic heterocycles. The fourth-order valence-corrected chi connectivity index (χ4v) is 5.10. The Morgan fingerprint density at radius 3 is 2.89 bits per heavy atom. The molecule has 1 aliphatic rings. The lowest BCUT2D eigenvalue weighted by Crippen LogP contribution is -2.26. The molecule has 2 N–H and O–H groups in total. The van der Waals surface area contributed by atoms with E-state index in [1.165, 1.54) is 16.0 Å². The summed E-state index contributed by atoms with van der Waals surface area (Å²) in [4.78, 5) is 11.5. The van der Waals surface area contributed by atoms with Crippen LogP contribution in [0.3, 0.4) is 0 Å². The van der Waals surface area contributed by atoms with Gasteiger partial charge in [-0.1, -0.05) is 68.1 Å². The number of nitrogens with zero attached hydrogens (tertiary/aromatic N) is 2. The largest absolute Gasteiger partial charge is 0.383 e. The molecule has 0 bridgehead atoms. The summed E-state index contributed by atoms with van der Waals surface area (Å²) in [7, 11) is 0. The SMILES string of the molecule is CC(C)C1Cc2c(sc3nc(SC/C=C\c4ccccc4)nc(N)c23)CO1. The average Bonchev–Trinajstić information content (AvgIpc) is 3.04. The van der Waals surface area contributed by atoms with Gasteiger partial charge in [-0.2, -0.15) is 0 Å². The Morgan fingerprint density at radius 2 is 2.11 bits per heavy atom. The van der Waals surface area contributed by atoms with Crippen molar-refractivity contribution in [3.63, 3.8) is 0 Å². The van der Waals surface area contributed by atoms with Gasteiger partial charge in [0.2, 0.25) is 0 Å². The lowest BCUT2D eigenvalue weighted by molar-refractivity contribution is 0.00203. The number of rotatable bonds is 5. The third-order valence-corrected chi connectivity index (χ3v) is 6.64. The number of nitrogen functional groups attached to an aromatic ring is 1. The van der Waals surface area contributed by atoms with Crippen LogP contribution >= 0.6 is 23.1 Å². The Balaban J connectivity index is 1.52. The molecule has 1 unspecified atom stereocenters. The van der Waals surface area contributed by atoms with Gasteiger partial charge in [0.15, 0.2) is 5.16 Å². The molecule has 0 fully saturated rings. The van der Waals surface area contributed by atoms with E-state index in [4.69, 9.17) is 15.5 Å². The number of aromatic nitrogens is 2. The van der Waals surface area contributed by atoms with Gasteiger partial charge in [0, 0.05) is 17.1 Å². The predicted molar refractivity (Wildman–Crippen MR) is 115 cm³/mol. The van der Waals surface area contributed by atoms with Gasteiger partial charge in [-0.25, -0.2) is 9.97 Å². The topological polar surface area (TPSA) is 61.0 Å². The van der Waals surface area contributed by atoms with Gasteiger partial charge < -0.3 is 10.5 Å². The van der Waals surface area contributed by atoms with Crippen LogP contribution < -0.4 is 5.73 Å². The highest BCUT2D eigenvalue weighted by Crippen LogP contribution is 2.39. The number of benzene rings is 1. The van der Waals surface area contributed by atoms with E-state index < -0.39 is 0 Å². The van der Waals surface area contributed by atoms with Gasteiger partial charge in [0.1, 0.15) is 10.6 Å². The zero-order valence-corrected chi connectivity index (χ0v) is 17.1. The number of hydrogen-bond donors (Lipinski definition) is 1. The Bertz CT molecular complexity index is 966. The van der Waals surface area contributed by atoms with Crippen molar-refractivity contribution in [3.8, 4) is 0 Å². The Morgan fingerprint density at radius 1 is 1.30 bits per heavy atom. The van der Waals surface area contributed by atoms with Crippen LogP contribution in [0.2, 0.25) is 0 Å². The molecule has 140 valence electrons. The van der Waals surface area contributed by atoms with Crippen molar-refractivity contribution >= 4 is 45.2 Å². The average molecular weight is 398 g/mol. The number of anilines is 1. The van der Waals surface area contributed by atoms with Crippen molar-refractivity contribution in [2.24, 2.45) is 5.92 Å². The summed E-state index contributed by atoms with van der Waals surface area (Å²) < 4.78 is 5.99. The number of fused-ring (bicyclic) bond motifs is 3. The fourth-order valence-electron chi connectivity index (χ4n) is 3.25. The Labute approximate surface area is 167 Å². The number of hydrogen-bond acceptors (Lipinski definition) is 6. The first kappa shape index (κ1) is 18.5. The molecule has 0 amide bonds. The zero-order chi connectivity index (χ0) is 18.8. The number of nitrogens with two attached hydrogens (primary N) is 1. The van der Waals surface area contributed by atoms with Crippen molar-refractivity contribution < 1.29 is 4.74 Å². The molecule has 27 heavy (non-hydrogen) atoms. The summed E-state index contributed by atoms with van der Waals surface area (Å²) in [6.07, 6.45) is 5.38. The summed E-state index contributed by atoms with van der Waals surface area (Å²) >= 11 is 3.30. The van der Waals surface area contributed by atoms with E-state index >= 15 is 0 Å². The van der Waals surface area contributed by atoms with Crippen LogP contribution in [0, 0.1) is 5.92 Å². The third kappa shape index (κ3) is 4.03. The zero-order valence-electron chi connectivity index (χ0n) is 15.5. The van der Waals surface area contributed by atoms with Crippen LogP contribution in [0.25, 0.3) is 16.3 Å². The van der Waals surface area contributed by atoms with Gasteiger partial charge in [-0.05, 0) is 17.0 Å². The molecule has 0 radical (unpaired) electrons. The number of thioether (sulfide) groups is 1. The van der Waals surface area contributed by atoms with Gasteiger partial charge in [0.25, 0.3) is 0 Å². The summed E-state index contributed by atoms with van der Waals surface area (Å²) in [5, 5.41) is 1.77. The highest BCUT2D eigenvalue weighted by Gasteiger charge is 2.27. The van der Waals surface area contributed by atoms with Gasteiger partial charge in [-0.15, -0.1) is 11.3 Å². The minimum absolute atomic E-state index is 0.242. The van der Waals surface area contributed by atoms with E-state index in [9.17, 15) is 0 Å². The van der Waals surface area contributed by atoms with Gasteiger partial charge >= 0.3 is 0 Å². The first-order valence-corrected chi connectivity index (χ1v) is 11.0. The predicted octanol–water partition coefficient (Wildman–Crippen LogP) is 5.18. The van der Waals surface area contributed by atoms with E-state index in [2.05, 4.69) is 43.1 Å². The van der Waals surface area contributed by atoms with Crippen molar-refractivity contribution in [2.75, 3.05) is 11.5 Å². The van der Waals surface area contributed by atoms with Crippen molar-refractivity contribution in [1.29, 1.82) is 0 Å². The maximum absolute atomic E-state index is 6.33. The maximum atomic E-state index is 6.33. The standard InChI is InChI=1S/C21H23N3OS2/c1-13(2)16-11-15-17(12-25-16)27-20-18(15)19(22)23-21(24-20)26-10-6-9-14-7-4-3-5-8-14/h3-9,13,16H,10-12H2,1-2H3,(H2,22,23,24)/b9-6-. The van der Waals surface area contributed by atoms with Gasteiger partial charge in [-0.3, -0.25) is 0 Å². The minimum Gasteiger partial charge on any atom is -0.383 e. The molecule has 0 saturated carbocycles. The lowest BCUT2D eigenvalue weighted by Gasteiger charge is -2.26. The Hall–Kier alpha value is -1.89. The molecule has 4 rings (SSSR count). The quantitative estimate of drug-likeness (QED) is 0.475. The summed E-state index contributed by atoms with van der Waals surface area (Å²) in [5.41, 5.74) is 8.81. The summed E-state index contributed by atoms with van der Waals surface area (Å²) in [6, 6.07) is 10.3. The molecule has 1 aromatic carbocycles. The van der Waals surface area contributed by atoms with Crippen LogP contribution in [0.5, 0.6) is 0 Å². The molecule has 3 aromatic rings. The smallest absolute Gasteiger partial charge is 0.191 e. The fraction of sp³-hybridized carbons (Fsp3) is 0.333. The van der Waals surface area contributed by atoms with Crippen LogP contribution in [0.15, 0.2) is 41.6 Å². The first-order chi connectivity index (χ1) is 13.1. The lowest BCUT2D eigenvalue weighted by atomic mass is 9.96. The Kier molecular flexibility index (Phi) is 5.48. The number of ether oxygens (including phenoxy) is 1.